The van der Waals surface area contributed by atoms with Crippen LogP contribution in [0.5, 0.6) is 0 Å². The van der Waals surface area contributed by atoms with E-state index in [-0.39, 0.29) is 242 Å². The van der Waals surface area contributed by atoms with Crippen molar-refractivity contribution in [1.82, 2.24) is 0 Å². The Bertz CT molecular complexity index is 12.9. The van der Waals surface area contributed by atoms with Gasteiger partial charge in [0.2, 0.25) is 0 Å². The van der Waals surface area contributed by atoms with Crippen LogP contribution in [0.2, 0.25) is 0 Å². The molecule has 0 aliphatic carbocycles. The van der Waals surface area contributed by atoms with E-state index in [0.717, 1.165) is 0 Å². The summed E-state index contributed by atoms with van der Waals surface area (Å²) in [7, 11) is 0. The third kappa shape index (κ3) is 105. The molecule has 0 N–H and O–H groups in total. The molecule has 0 atom stereocenters. The molecule has 0 aromatic rings. The smallest absolute Gasteiger partial charge is 0 e. The first kappa shape index (κ1) is 137. The average Bonchev–Trinajstić information content (AvgIpc) is 0. The average molecular weight is 1180 g/mol. The third-order valence-electron chi connectivity index (χ3n) is 0. The molecule has 0 heterocycles. The molecule has 111 valence electrons. The van der Waals surface area contributed by atoms with E-state index in [4.69, 9.17) is 0 Å². The van der Waals surface area contributed by atoms with Crippen molar-refractivity contribution in [3.8, 4) is 0 Å². The zero-order chi connectivity index (χ0) is 0. The van der Waals surface area contributed by atoms with E-state index >= 15 is 0 Å². The largest absolute Gasteiger partial charge is 0 e. The first-order valence-electron chi connectivity index (χ1n) is 0. The summed E-state index contributed by atoms with van der Waals surface area (Å²) in [6.07, 6.45) is 0. The maximum Gasteiger partial charge on any atom is 0 e. The van der Waals surface area contributed by atoms with Crippen LogP contribution in [0.25, 0.3) is 0 Å². The van der Waals surface area contributed by atoms with Crippen LogP contribution in [0.3, 0.4) is 0 Å². The molecule has 0 bridgehead atoms. The molecule has 0 nitrogen and oxygen atoms in total. The van der Waals surface area contributed by atoms with Crippen LogP contribution in [0.1, 0.15) is 0 Å². The van der Waals surface area contributed by atoms with Gasteiger partial charge in [0.15, 0.2) is 0 Å². The second-order valence-electron chi connectivity index (χ2n) is 0. The van der Waals surface area contributed by atoms with E-state index < -0.39 is 0 Å². The van der Waals surface area contributed by atoms with E-state index in [9.17, 15) is 0 Å². The number of rotatable bonds is 0. The van der Waals surface area contributed by atoms with Gasteiger partial charge >= 0.3 is 106 Å². The molecule has 0 aromatic carbocycles. The molecule has 0 amide bonds. The van der Waals surface area contributed by atoms with Crippen molar-refractivity contribution < 1.29 is 136 Å². The Morgan fingerprint density at radius 3 is 0.154 bits per heavy atom. The van der Waals surface area contributed by atoms with Crippen LogP contribution in [0.15, 0.2) is 0 Å². The second kappa shape index (κ2) is 117. The molecule has 0 saturated heterocycles. The summed E-state index contributed by atoms with van der Waals surface area (Å²) in [5.74, 6) is 0. The summed E-state index contributed by atoms with van der Waals surface area (Å²) in [5, 5.41) is 0. The van der Waals surface area contributed by atoms with Gasteiger partial charge in [0.25, 0.3) is 0 Å². The SMILES string of the molecule is [GeH4].[GeH4].[GeH4].[GeH4].[GeH4].[GeH4].[Rh].[Rh].[Rh].[Rh].[Rh].[Rh].[Rh]. The summed E-state index contributed by atoms with van der Waals surface area (Å²) < 4.78 is 0. The Balaban J connectivity index is 0. The van der Waals surface area contributed by atoms with Gasteiger partial charge in [-0.25, -0.2) is 0 Å². The Hall–Kier alpha value is 7.62. The Labute approximate surface area is 236 Å². The fourth-order valence-corrected chi connectivity index (χ4v) is 0. The third-order valence-corrected chi connectivity index (χ3v) is 0. The van der Waals surface area contributed by atoms with Crippen molar-refractivity contribution in [1.29, 1.82) is 0 Å². The predicted molar refractivity (Wildman–Crippen MR) is 68.0 cm³/mol. The van der Waals surface area contributed by atoms with Crippen molar-refractivity contribution in [2.24, 2.45) is 0 Å². The molecule has 0 aromatic heterocycles. The Morgan fingerprint density at radius 2 is 0.154 bits per heavy atom. The number of hydrogen-bond donors (Lipinski definition) is 0. The molecule has 7 radical (unpaired) electrons. The van der Waals surface area contributed by atoms with Crippen LogP contribution in [0.4, 0.5) is 0 Å². The molecule has 13 heteroatoms. The topological polar surface area (TPSA) is 0 Å². The predicted octanol–water partition coefficient (Wildman–Crippen LogP) is -8.73. The zero-order valence-corrected chi connectivity index (χ0v) is 13.8. The van der Waals surface area contributed by atoms with Gasteiger partial charge in [0, 0.05) is 136 Å². The van der Waals surface area contributed by atoms with Crippen molar-refractivity contribution in [2.45, 2.75) is 0 Å². The van der Waals surface area contributed by atoms with Crippen molar-refractivity contribution >= 4 is 106 Å². The monoisotopic (exact) mass is 1190 g/mol. The van der Waals surface area contributed by atoms with Crippen LogP contribution in [-0.2, 0) is 136 Å². The summed E-state index contributed by atoms with van der Waals surface area (Å²) in [4.78, 5) is 0. The molecule has 13 heavy (non-hydrogen) atoms. The molecule has 0 spiro atoms. The normalized spacial score (nSPS) is 0. The van der Waals surface area contributed by atoms with Gasteiger partial charge in [-0.2, -0.15) is 0 Å². The molecule has 0 fully saturated rings. The molecule has 0 rings (SSSR count). The molecular weight excluding hydrogens is 1160 g/mol. The summed E-state index contributed by atoms with van der Waals surface area (Å²) in [5.41, 5.74) is 0. The van der Waals surface area contributed by atoms with Crippen LogP contribution >= 0.6 is 0 Å². The minimum atomic E-state index is 0. The van der Waals surface area contributed by atoms with Crippen molar-refractivity contribution in [3.05, 3.63) is 0 Å². The summed E-state index contributed by atoms with van der Waals surface area (Å²) >= 11 is 0. The molecule has 0 unspecified atom stereocenters. The molecule has 0 aliphatic heterocycles. The standard InChI is InChI=1S/6GeH4.7Rh/h6*1H4;;;;;;;. The van der Waals surface area contributed by atoms with Gasteiger partial charge in [-0.3, -0.25) is 0 Å². The molecule has 0 saturated carbocycles. The molecule has 0 aliphatic rings. The van der Waals surface area contributed by atoms with Gasteiger partial charge in [0.1, 0.15) is 0 Å². The fourth-order valence-electron chi connectivity index (χ4n) is 0. The maximum absolute atomic E-state index is 0. The van der Waals surface area contributed by atoms with E-state index in [1.807, 2.05) is 0 Å². The number of hydrogen-bond acceptors (Lipinski definition) is 0. The van der Waals surface area contributed by atoms with Crippen LogP contribution in [-0.4, -0.2) is 106 Å². The van der Waals surface area contributed by atoms with Gasteiger partial charge in [0.05, 0.1) is 0 Å². The second-order valence-corrected chi connectivity index (χ2v) is 0. The quantitative estimate of drug-likeness (QED) is 0.212. The summed E-state index contributed by atoms with van der Waals surface area (Å²) in [6, 6.07) is 0. The Morgan fingerprint density at radius 1 is 0.154 bits per heavy atom. The van der Waals surface area contributed by atoms with Gasteiger partial charge in [-0.1, -0.05) is 0 Å². The van der Waals surface area contributed by atoms with Crippen LogP contribution < -0.4 is 0 Å². The first-order chi connectivity index (χ1) is 0. The van der Waals surface area contributed by atoms with Crippen molar-refractivity contribution in [3.63, 3.8) is 0 Å². The van der Waals surface area contributed by atoms with E-state index in [2.05, 4.69) is 0 Å². The summed E-state index contributed by atoms with van der Waals surface area (Å²) in [6.45, 7) is 0. The minimum Gasteiger partial charge on any atom is 0 e. The van der Waals surface area contributed by atoms with Crippen LogP contribution in [0, 0.1) is 0 Å². The van der Waals surface area contributed by atoms with Gasteiger partial charge in [-0.15, -0.1) is 0 Å². The molecular formula is H24Ge6Rh7. The Kier molecular flexibility index (Phi) is 1230. The van der Waals surface area contributed by atoms with E-state index in [1.54, 1.807) is 0 Å². The van der Waals surface area contributed by atoms with Crippen molar-refractivity contribution in [2.75, 3.05) is 0 Å². The van der Waals surface area contributed by atoms with E-state index in [1.165, 1.54) is 0 Å². The first-order valence-corrected chi connectivity index (χ1v) is 0. The van der Waals surface area contributed by atoms with E-state index in [0.29, 0.717) is 0 Å². The van der Waals surface area contributed by atoms with Gasteiger partial charge < -0.3 is 0 Å². The fraction of sp³-hybridized carbons (Fsp3) is 0. The maximum atomic E-state index is 0. The van der Waals surface area contributed by atoms with Gasteiger partial charge in [-0.05, 0) is 0 Å². The zero-order valence-electron chi connectivity index (χ0n) is 2.33. The minimum absolute atomic E-state index is 0.